The second-order valence-electron chi connectivity index (χ2n) is 5.56. The average Bonchev–Trinajstić information content (AvgIpc) is 2.65. The number of carbonyl (C=O) groups is 1. The topological polar surface area (TPSA) is 71.2 Å². The molecule has 0 radical (unpaired) electrons. The summed E-state index contributed by atoms with van der Waals surface area (Å²) in [6, 6.07) is 18.9. The number of nitrogens with one attached hydrogen (secondary N) is 2. The number of hydrogen-bond acceptors (Lipinski definition) is 3. The van der Waals surface area contributed by atoms with Gasteiger partial charge in [0.25, 0.3) is 5.91 Å². The molecule has 0 saturated carbocycles. The van der Waals surface area contributed by atoms with Gasteiger partial charge < -0.3 is 15.0 Å². The average molecular weight is 334 g/mol. The normalized spacial score (nSPS) is 11.6. The second-order valence-corrected chi connectivity index (χ2v) is 5.56. The van der Waals surface area contributed by atoms with E-state index in [1.165, 1.54) is 18.5 Å². The molecule has 25 heavy (non-hydrogen) atoms. The number of anilines is 1. The molecule has 5 nitrogen and oxygen atoms in total. The monoisotopic (exact) mass is 334 g/mol. The minimum Gasteiger partial charge on any atom is -0.481 e. The molecule has 3 rings (SSSR count). The summed E-state index contributed by atoms with van der Waals surface area (Å²) in [6.45, 7) is 1.64. The van der Waals surface area contributed by atoms with Crippen molar-refractivity contribution >= 4 is 11.6 Å². The Morgan fingerprint density at radius 2 is 1.68 bits per heavy atom. The molecule has 3 aromatic rings. The highest BCUT2D eigenvalue weighted by Gasteiger charge is 2.16. The van der Waals surface area contributed by atoms with Crippen molar-refractivity contribution in [2.75, 3.05) is 5.32 Å². The number of carbonyl (C=O) groups excluding carboxylic acids is 1. The van der Waals surface area contributed by atoms with E-state index in [0.717, 1.165) is 11.1 Å². The Morgan fingerprint density at radius 3 is 2.36 bits per heavy atom. The summed E-state index contributed by atoms with van der Waals surface area (Å²) in [4.78, 5) is 26.6. The lowest BCUT2D eigenvalue weighted by Crippen LogP contribution is -2.31. The van der Waals surface area contributed by atoms with Gasteiger partial charge in [0.2, 0.25) is 5.43 Å². The van der Waals surface area contributed by atoms with Gasteiger partial charge in [-0.2, -0.15) is 0 Å². The van der Waals surface area contributed by atoms with Crippen LogP contribution < -0.4 is 15.5 Å². The fourth-order valence-corrected chi connectivity index (χ4v) is 2.36. The highest BCUT2D eigenvalue weighted by atomic mass is 16.5. The molecule has 5 heteroatoms. The maximum absolute atomic E-state index is 12.2. The van der Waals surface area contributed by atoms with Crippen molar-refractivity contribution in [3.63, 3.8) is 0 Å². The van der Waals surface area contributed by atoms with Gasteiger partial charge >= 0.3 is 0 Å². The maximum atomic E-state index is 12.2. The number of ether oxygens (including phenoxy) is 1. The molecule has 2 aromatic carbocycles. The summed E-state index contributed by atoms with van der Waals surface area (Å²) >= 11 is 0. The molecule has 0 saturated heterocycles. The molecule has 0 fully saturated rings. The number of aromatic nitrogens is 1. The fourth-order valence-electron chi connectivity index (χ4n) is 2.36. The smallest absolute Gasteiger partial charge is 0.265 e. The van der Waals surface area contributed by atoms with E-state index in [2.05, 4.69) is 10.3 Å². The highest BCUT2D eigenvalue weighted by Crippen LogP contribution is 2.22. The van der Waals surface area contributed by atoms with Crippen molar-refractivity contribution in [1.29, 1.82) is 0 Å². The zero-order valence-corrected chi connectivity index (χ0v) is 13.7. The van der Waals surface area contributed by atoms with Crippen molar-refractivity contribution < 1.29 is 9.53 Å². The summed E-state index contributed by atoms with van der Waals surface area (Å²) in [6.07, 6.45) is 2.22. The van der Waals surface area contributed by atoms with Crippen LogP contribution in [0.1, 0.15) is 6.92 Å². The summed E-state index contributed by atoms with van der Waals surface area (Å²) in [5.74, 6) is 0.202. The van der Waals surface area contributed by atoms with Gasteiger partial charge in [0, 0.05) is 18.5 Å². The lowest BCUT2D eigenvalue weighted by Gasteiger charge is -2.14. The first-order chi connectivity index (χ1) is 12.1. The van der Waals surface area contributed by atoms with E-state index in [0.29, 0.717) is 5.75 Å². The lowest BCUT2D eigenvalue weighted by molar-refractivity contribution is -0.122. The van der Waals surface area contributed by atoms with Crippen molar-refractivity contribution in [2.45, 2.75) is 13.0 Å². The van der Waals surface area contributed by atoms with Crippen molar-refractivity contribution in [2.24, 2.45) is 0 Å². The van der Waals surface area contributed by atoms with E-state index in [1.807, 2.05) is 54.6 Å². The standard InChI is InChI=1S/C20H18N2O3/c1-14(20(24)22-18-13-21-12-11-19(18)23)25-17-9-7-16(8-10-17)15-5-3-2-4-6-15/h2-14H,1H3,(H,21,23)(H,22,24)/t14-/m0/s1. The van der Waals surface area contributed by atoms with E-state index >= 15 is 0 Å². The highest BCUT2D eigenvalue weighted by molar-refractivity contribution is 5.93. The van der Waals surface area contributed by atoms with Gasteiger partial charge in [-0.05, 0) is 30.2 Å². The Kier molecular flexibility index (Phi) is 4.95. The van der Waals surface area contributed by atoms with Crippen molar-refractivity contribution in [3.8, 4) is 16.9 Å². The minimum atomic E-state index is -0.734. The lowest BCUT2D eigenvalue weighted by atomic mass is 10.1. The molecule has 0 aliphatic carbocycles. The number of aromatic amines is 1. The van der Waals surface area contributed by atoms with Crippen LogP contribution >= 0.6 is 0 Å². The van der Waals surface area contributed by atoms with Crippen LogP contribution in [0, 0.1) is 0 Å². The first-order valence-electron chi connectivity index (χ1n) is 7.93. The molecule has 0 spiro atoms. The number of rotatable bonds is 5. The van der Waals surface area contributed by atoms with Gasteiger partial charge in [0.1, 0.15) is 11.4 Å². The van der Waals surface area contributed by atoms with Crippen LogP contribution in [-0.4, -0.2) is 17.0 Å². The van der Waals surface area contributed by atoms with Crippen molar-refractivity contribution in [3.05, 3.63) is 83.3 Å². The van der Waals surface area contributed by atoms with E-state index in [-0.39, 0.29) is 17.0 Å². The van der Waals surface area contributed by atoms with E-state index in [4.69, 9.17) is 4.74 Å². The second kappa shape index (κ2) is 7.49. The third kappa shape index (κ3) is 4.14. The molecule has 126 valence electrons. The third-order valence-electron chi connectivity index (χ3n) is 3.73. The summed E-state index contributed by atoms with van der Waals surface area (Å²) in [5.41, 5.74) is 2.12. The first kappa shape index (κ1) is 16.5. The molecule has 0 aliphatic heterocycles. The van der Waals surface area contributed by atoms with Crippen LogP contribution in [0.5, 0.6) is 5.75 Å². The number of H-pyrrole nitrogens is 1. The number of hydrogen-bond donors (Lipinski definition) is 2. The molecule has 1 amide bonds. The van der Waals surface area contributed by atoms with Crippen LogP contribution in [0.25, 0.3) is 11.1 Å². The third-order valence-corrected chi connectivity index (χ3v) is 3.73. The molecule has 0 aliphatic rings. The van der Waals surface area contributed by atoms with Crippen LogP contribution in [0.15, 0.2) is 77.9 Å². The van der Waals surface area contributed by atoms with Crippen LogP contribution in [-0.2, 0) is 4.79 Å². The molecule has 1 heterocycles. The maximum Gasteiger partial charge on any atom is 0.265 e. The molecule has 0 bridgehead atoms. The van der Waals surface area contributed by atoms with Gasteiger partial charge in [-0.25, -0.2) is 0 Å². The van der Waals surface area contributed by atoms with Crippen LogP contribution in [0.2, 0.25) is 0 Å². The van der Waals surface area contributed by atoms with Gasteiger partial charge in [0.15, 0.2) is 6.10 Å². The summed E-state index contributed by atoms with van der Waals surface area (Å²) in [5, 5.41) is 2.56. The van der Waals surface area contributed by atoms with Gasteiger partial charge in [-0.1, -0.05) is 42.5 Å². The van der Waals surface area contributed by atoms with Gasteiger partial charge in [0.05, 0.1) is 0 Å². The molecule has 1 atom stereocenters. The molecular weight excluding hydrogens is 316 g/mol. The fraction of sp³-hybridized carbons (Fsp3) is 0.100. The summed E-state index contributed by atoms with van der Waals surface area (Å²) < 4.78 is 5.65. The molecule has 1 aromatic heterocycles. The van der Waals surface area contributed by atoms with Crippen LogP contribution in [0.3, 0.4) is 0 Å². The largest absolute Gasteiger partial charge is 0.481 e. The Morgan fingerprint density at radius 1 is 1.00 bits per heavy atom. The number of pyridine rings is 1. The van der Waals surface area contributed by atoms with Crippen LogP contribution in [0.4, 0.5) is 5.69 Å². The summed E-state index contributed by atoms with van der Waals surface area (Å²) in [7, 11) is 0. The molecule has 2 N–H and O–H groups in total. The quantitative estimate of drug-likeness (QED) is 0.751. The predicted octanol–water partition coefficient (Wildman–Crippen LogP) is 3.45. The first-order valence-corrected chi connectivity index (χ1v) is 7.93. The minimum absolute atomic E-state index is 0.197. The van der Waals surface area contributed by atoms with Gasteiger partial charge in [-0.3, -0.25) is 9.59 Å². The van der Waals surface area contributed by atoms with E-state index < -0.39 is 6.10 Å². The van der Waals surface area contributed by atoms with Crippen molar-refractivity contribution in [1.82, 2.24) is 4.98 Å². The van der Waals surface area contributed by atoms with E-state index in [9.17, 15) is 9.59 Å². The van der Waals surface area contributed by atoms with Gasteiger partial charge in [-0.15, -0.1) is 0 Å². The van der Waals surface area contributed by atoms with E-state index in [1.54, 1.807) is 6.92 Å². The Labute approximate surface area is 145 Å². The number of benzene rings is 2. The number of amides is 1. The Hall–Kier alpha value is -3.34. The molecule has 0 unspecified atom stereocenters. The molecular formula is C20H18N2O3. The Balaban J connectivity index is 1.64. The Bertz CT molecular complexity index is 902. The predicted molar refractivity (Wildman–Crippen MR) is 97.7 cm³/mol. The zero-order chi connectivity index (χ0) is 17.6. The zero-order valence-electron chi connectivity index (χ0n) is 13.7. The SMILES string of the molecule is C[C@H](Oc1ccc(-c2ccccc2)cc1)C(=O)Nc1c[nH]ccc1=O.